The Hall–Kier alpha value is -0.570. The third kappa shape index (κ3) is 4.48. The van der Waals surface area contributed by atoms with Crippen LogP contribution in [-0.4, -0.2) is 29.9 Å². The first-order valence-electron chi connectivity index (χ1n) is 8.22. The van der Waals surface area contributed by atoms with Gasteiger partial charge in [-0.2, -0.15) is 0 Å². The first-order valence-corrected chi connectivity index (χ1v) is 8.22. The second-order valence-corrected chi connectivity index (χ2v) is 6.59. The number of amides is 1. The fraction of sp³-hybridized carbons (Fsp3) is 0.938. The van der Waals surface area contributed by atoms with Gasteiger partial charge in [0.25, 0.3) is 0 Å². The van der Waals surface area contributed by atoms with Crippen molar-refractivity contribution in [3.8, 4) is 0 Å². The number of carbonyl (C=O) groups is 1. The molecule has 3 heteroatoms. The molecule has 0 aromatic carbocycles. The molecule has 0 radical (unpaired) electrons. The van der Waals surface area contributed by atoms with Gasteiger partial charge >= 0.3 is 0 Å². The Morgan fingerprint density at radius 2 is 2.00 bits per heavy atom. The number of likely N-dealkylation sites (tertiary alicyclic amines) is 1. The lowest BCUT2D eigenvalue weighted by atomic mass is 9.83. The summed E-state index contributed by atoms with van der Waals surface area (Å²) in [5, 5.41) is 0. The molecule has 1 saturated heterocycles. The minimum absolute atomic E-state index is 0.383. The zero-order chi connectivity index (χ0) is 13.7. The van der Waals surface area contributed by atoms with Gasteiger partial charge in [0.2, 0.25) is 5.91 Å². The van der Waals surface area contributed by atoms with Crippen molar-refractivity contribution in [1.29, 1.82) is 0 Å². The molecule has 3 atom stereocenters. The zero-order valence-electron chi connectivity index (χ0n) is 12.4. The van der Waals surface area contributed by atoms with Gasteiger partial charge in [0, 0.05) is 25.6 Å². The third-order valence-electron chi connectivity index (χ3n) is 5.04. The Kier molecular flexibility index (Phi) is 5.68. The monoisotopic (exact) mass is 266 g/mol. The molecule has 2 rings (SSSR count). The predicted octanol–water partition coefficient (Wildman–Crippen LogP) is 2.93. The summed E-state index contributed by atoms with van der Waals surface area (Å²) in [5.41, 5.74) is 6.02. The molecule has 1 amide bonds. The van der Waals surface area contributed by atoms with Crippen LogP contribution in [0.5, 0.6) is 0 Å². The molecule has 3 unspecified atom stereocenters. The number of nitrogens with zero attached hydrogens (tertiary/aromatic N) is 1. The summed E-state index contributed by atoms with van der Waals surface area (Å²) in [6, 6.07) is 0.383. The summed E-state index contributed by atoms with van der Waals surface area (Å²) < 4.78 is 0. The molecule has 1 heterocycles. The molecule has 1 saturated carbocycles. The summed E-state index contributed by atoms with van der Waals surface area (Å²) in [7, 11) is 0. The molecule has 110 valence electrons. The maximum atomic E-state index is 12.3. The van der Waals surface area contributed by atoms with Crippen molar-refractivity contribution < 1.29 is 4.79 Å². The molecule has 2 N–H and O–H groups in total. The standard InChI is InChI=1S/C16H30N2O/c1-2-13-6-4-10-18(12-13)16(19)9-8-14-5-3-7-15(17)11-14/h13-15H,2-12,17H2,1H3. The highest BCUT2D eigenvalue weighted by atomic mass is 16.2. The quantitative estimate of drug-likeness (QED) is 0.850. The second kappa shape index (κ2) is 7.28. The molecule has 0 bridgehead atoms. The van der Waals surface area contributed by atoms with Crippen molar-refractivity contribution in [2.45, 2.75) is 70.8 Å². The van der Waals surface area contributed by atoms with Gasteiger partial charge in [0.15, 0.2) is 0 Å². The number of hydrogen-bond donors (Lipinski definition) is 1. The number of hydrogen-bond acceptors (Lipinski definition) is 2. The van der Waals surface area contributed by atoms with Crippen molar-refractivity contribution in [2.24, 2.45) is 17.6 Å². The molecule has 1 aliphatic carbocycles. The fourth-order valence-corrected chi connectivity index (χ4v) is 3.71. The topological polar surface area (TPSA) is 46.3 Å². The number of carbonyl (C=O) groups excluding carboxylic acids is 1. The molecule has 19 heavy (non-hydrogen) atoms. The van der Waals surface area contributed by atoms with Crippen LogP contribution in [0.25, 0.3) is 0 Å². The van der Waals surface area contributed by atoms with Gasteiger partial charge < -0.3 is 10.6 Å². The Bertz CT molecular complexity index is 292. The number of rotatable bonds is 4. The van der Waals surface area contributed by atoms with Crippen molar-refractivity contribution in [1.82, 2.24) is 4.90 Å². The summed E-state index contributed by atoms with van der Waals surface area (Å²) in [4.78, 5) is 14.4. The van der Waals surface area contributed by atoms with Crippen molar-refractivity contribution in [3.05, 3.63) is 0 Å². The lowest BCUT2D eigenvalue weighted by Gasteiger charge is -2.33. The molecule has 1 aliphatic heterocycles. The van der Waals surface area contributed by atoms with Crippen LogP contribution in [0.1, 0.15) is 64.7 Å². The Labute approximate surface area is 117 Å². The second-order valence-electron chi connectivity index (χ2n) is 6.59. The highest BCUT2D eigenvalue weighted by Gasteiger charge is 2.24. The van der Waals surface area contributed by atoms with E-state index >= 15 is 0 Å². The van der Waals surface area contributed by atoms with E-state index in [1.165, 1.54) is 38.5 Å². The van der Waals surface area contributed by atoms with Crippen LogP contribution in [0, 0.1) is 11.8 Å². The van der Waals surface area contributed by atoms with Crippen molar-refractivity contribution >= 4 is 5.91 Å². The highest BCUT2D eigenvalue weighted by molar-refractivity contribution is 5.76. The Morgan fingerprint density at radius 1 is 1.21 bits per heavy atom. The van der Waals surface area contributed by atoms with Crippen LogP contribution >= 0.6 is 0 Å². The van der Waals surface area contributed by atoms with Gasteiger partial charge in [-0.15, -0.1) is 0 Å². The number of piperidine rings is 1. The fourth-order valence-electron chi connectivity index (χ4n) is 3.71. The lowest BCUT2D eigenvalue weighted by Crippen LogP contribution is -2.40. The van der Waals surface area contributed by atoms with Crippen LogP contribution in [0.15, 0.2) is 0 Å². The smallest absolute Gasteiger partial charge is 0.222 e. The van der Waals surface area contributed by atoms with Gasteiger partial charge in [0.05, 0.1) is 0 Å². The molecule has 2 aliphatic rings. The normalized spacial score (nSPS) is 32.3. The van der Waals surface area contributed by atoms with Gasteiger partial charge in [-0.1, -0.05) is 26.2 Å². The largest absolute Gasteiger partial charge is 0.342 e. The summed E-state index contributed by atoms with van der Waals surface area (Å²) in [5.74, 6) is 1.82. The van der Waals surface area contributed by atoms with Crippen molar-refractivity contribution in [3.63, 3.8) is 0 Å². The lowest BCUT2D eigenvalue weighted by molar-refractivity contribution is -0.133. The molecule has 2 fully saturated rings. The Balaban J connectivity index is 1.71. The number of nitrogens with two attached hydrogens (primary N) is 1. The summed E-state index contributed by atoms with van der Waals surface area (Å²) in [6.07, 6.45) is 10.3. The van der Waals surface area contributed by atoms with Gasteiger partial charge in [-0.25, -0.2) is 0 Å². The molecule has 0 aromatic rings. The zero-order valence-corrected chi connectivity index (χ0v) is 12.4. The maximum absolute atomic E-state index is 12.3. The van der Waals surface area contributed by atoms with Crippen LogP contribution in [0.2, 0.25) is 0 Å². The first-order chi connectivity index (χ1) is 9.19. The van der Waals surface area contributed by atoms with Crippen LogP contribution in [0.3, 0.4) is 0 Å². The highest BCUT2D eigenvalue weighted by Crippen LogP contribution is 2.27. The molecule has 0 spiro atoms. The van der Waals surface area contributed by atoms with Crippen molar-refractivity contribution in [2.75, 3.05) is 13.1 Å². The van der Waals surface area contributed by atoms with E-state index in [-0.39, 0.29) is 0 Å². The summed E-state index contributed by atoms with van der Waals surface area (Å²) in [6.45, 7) is 4.22. The van der Waals surface area contributed by atoms with Gasteiger partial charge in [0.1, 0.15) is 0 Å². The Morgan fingerprint density at radius 3 is 2.74 bits per heavy atom. The van der Waals surface area contributed by atoms with E-state index in [0.29, 0.717) is 17.9 Å². The average Bonchev–Trinajstić information content (AvgIpc) is 2.45. The van der Waals surface area contributed by atoms with E-state index in [2.05, 4.69) is 11.8 Å². The minimum Gasteiger partial charge on any atom is -0.342 e. The van der Waals surface area contributed by atoms with Crippen LogP contribution < -0.4 is 5.73 Å². The van der Waals surface area contributed by atoms with E-state index in [1.54, 1.807) is 0 Å². The molecular weight excluding hydrogens is 236 g/mol. The third-order valence-corrected chi connectivity index (χ3v) is 5.04. The van der Waals surface area contributed by atoms with Crippen LogP contribution in [-0.2, 0) is 4.79 Å². The van der Waals surface area contributed by atoms with Gasteiger partial charge in [-0.3, -0.25) is 4.79 Å². The van der Waals surface area contributed by atoms with E-state index in [1.807, 2.05) is 0 Å². The van der Waals surface area contributed by atoms with E-state index in [9.17, 15) is 4.79 Å². The average molecular weight is 266 g/mol. The van der Waals surface area contributed by atoms with Crippen LogP contribution in [0.4, 0.5) is 0 Å². The SMILES string of the molecule is CCC1CCCN(C(=O)CCC2CCCC(N)C2)C1. The first kappa shape index (κ1) is 14.8. The van der Waals surface area contributed by atoms with E-state index < -0.39 is 0 Å². The van der Waals surface area contributed by atoms with Gasteiger partial charge in [-0.05, 0) is 43.9 Å². The molecule has 3 nitrogen and oxygen atoms in total. The molecule has 0 aromatic heterocycles. The maximum Gasteiger partial charge on any atom is 0.222 e. The minimum atomic E-state index is 0.383. The van der Waals surface area contributed by atoms with E-state index in [0.717, 1.165) is 38.3 Å². The predicted molar refractivity (Wildman–Crippen MR) is 78.8 cm³/mol. The molecular formula is C16H30N2O. The summed E-state index contributed by atoms with van der Waals surface area (Å²) >= 11 is 0. The van der Waals surface area contributed by atoms with E-state index in [4.69, 9.17) is 5.73 Å².